The van der Waals surface area contributed by atoms with E-state index in [0.717, 1.165) is 0 Å². The molecule has 0 saturated heterocycles. The standard InChI is InChI=1S/C12H20N2O5/c1-4-5-10(11(15)16)13-12(17)14(6-8-18-2)7-9-19-3/h1,10H,5-9H2,2-3H3,(H,13,17)(H,15,16). The van der Waals surface area contributed by atoms with E-state index in [2.05, 4.69) is 11.2 Å². The maximum Gasteiger partial charge on any atom is 0.327 e. The van der Waals surface area contributed by atoms with Crippen LogP contribution in [0.5, 0.6) is 0 Å². The summed E-state index contributed by atoms with van der Waals surface area (Å²) in [5.41, 5.74) is 0. The minimum absolute atomic E-state index is 0.0660. The highest BCUT2D eigenvalue weighted by Crippen LogP contribution is 1.96. The zero-order valence-electron chi connectivity index (χ0n) is 11.2. The zero-order valence-corrected chi connectivity index (χ0v) is 11.2. The quantitative estimate of drug-likeness (QED) is 0.566. The molecule has 0 rings (SSSR count). The summed E-state index contributed by atoms with van der Waals surface area (Å²) in [6.07, 6.45) is 5.00. The number of hydrogen-bond acceptors (Lipinski definition) is 4. The molecule has 1 atom stereocenters. The van der Waals surface area contributed by atoms with E-state index in [-0.39, 0.29) is 6.42 Å². The van der Waals surface area contributed by atoms with Gasteiger partial charge >= 0.3 is 12.0 Å². The van der Waals surface area contributed by atoms with E-state index in [0.29, 0.717) is 26.3 Å². The molecule has 0 aromatic carbocycles. The van der Waals surface area contributed by atoms with Crippen molar-refractivity contribution in [2.45, 2.75) is 12.5 Å². The Hall–Kier alpha value is -1.78. The topological polar surface area (TPSA) is 88.1 Å². The van der Waals surface area contributed by atoms with Gasteiger partial charge in [-0.2, -0.15) is 0 Å². The molecule has 0 aliphatic rings. The predicted octanol–water partition coefficient (Wildman–Crippen LogP) is -0.233. The molecule has 0 spiro atoms. The third-order valence-corrected chi connectivity index (χ3v) is 2.34. The minimum atomic E-state index is -1.16. The third kappa shape index (κ3) is 7.28. The molecule has 7 heteroatoms. The van der Waals surface area contributed by atoms with Crippen molar-refractivity contribution in [3.05, 3.63) is 0 Å². The van der Waals surface area contributed by atoms with E-state index in [4.69, 9.17) is 21.0 Å². The fraction of sp³-hybridized carbons (Fsp3) is 0.667. The van der Waals surface area contributed by atoms with Gasteiger partial charge in [0.1, 0.15) is 6.04 Å². The Bertz CT molecular complexity index is 319. The van der Waals surface area contributed by atoms with E-state index in [1.54, 1.807) is 0 Å². The van der Waals surface area contributed by atoms with Crippen molar-refractivity contribution >= 4 is 12.0 Å². The van der Waals surface area contributed by atoms with E-state index < -0.39 is 18.0 Å². The van der Waals surface area contributed by atoms with Crippen LogP contribution in [0.4, 0.5) is 4.79 Å². The summed E-state index contributed by atoms with van der Waals surface area (Å²) < 4.78 is 9.78. The van der Waals surface area contributed by atoms with E-state index in [9.17, 15) is 9.59 Å². The SMILES string of the molecule is C#CCC(NC(=O)N(CCOC)CCOC)C(=O)O. The molecule has 2 N–H and O–H groups in total. The van der Waals surface area contributed by atoms with Crippen LogP contribution >= 0.6 is 0 Å². The van der Waals surface area contributed by atoms with Gasteiger partial charge in [0, 0.05) is 33.7 Å². The molecule has 108 valence electrons. The first-order valence-electron chi connectivity index (χ1n) is 5.76. The summed E-state index contributed by atoms with van der Waals surface area (Å²) in [5.74, 6) is 1.05. The van der Waals surface area contributed by atoms with Gasteiger partial charge in [0.15, 0.2) is 0 Å². The second-order valence-corrected chi connectivity index (χ2v) is 3.72. The number of carboxylic acids is 1. The fourth-order valence-corrected chi connectivity index (χ4v) is 1.28. The summed E-state index contributed by atoms with van der Waals surface area (Å²) in [4.78, 5) is 24.2. The van der Waals surface area contributed by atoms with Crippen molar-refractivity contribution in [1.82, 2.24) is 10.2 Å². The van der Waals surface area contributed by atoms with Crippen LogP contribution in [0.3, 0.4) is 0 Å². The van der Waals surface area contributed by atoms with Crippen LogP contribution < -0.4 is 5.32 Å². The number of hydrogen-bond donors (Lipinski definition) is 2. The number of terminal acetylenes is 1. The van der Waals surface area contributed by atoms with E-state index >= 15 is 0 Å². The minimum Gasteiger partial charge on any atom is -0.480 e. The average molecular weight is 272 g/mol. The van der Waals surface area contributed by atoms with Gasteiger partial charge in [-0.15, -0.1) is 12.3 Å². The number of nitrogens with one attached hydrogen (secondary N) is 1. The van der Waals surface area contributed by atoms with Crippen LogP contribution in [-0.4, -0.2) is 68.6 Å². The number of aliphatic carboxylic acids is 1. The second kappa shape index (κ2) is 10.2. The van der Waals surface area contributed by atoms with Gasteiger partial charge in [0.25, 0.3) is 0 Å². The van der Waals surface area contributed by atoms with Gasteiger partial charge in [-0.05, 0) is 0 Å². The summed E-state index contributed by atoms with van der Waals surface area (Å²) in [6, 6.07) is -1.60. The monoisotopic (exact) mass is 272 g/mol. The largest absolute Gasteiger partial charge is 0.480 e. The van der Waals surface area contributed by atoms with Crippen molar-refractivity contribution < 1.29 is 24.2 Å². The number of amides is 2. The van der Waals surface area contributed by atoms with Gasteiger partial charge in [-0.1, -0.05) is 0 Å². The molecule has 0 aliphatic heterocycles. The lowest BCUT2D eigenvalue weighted by Gasteiger charge is -2.24. The summed E-state index contributed by atoms with van der Waals surface area (Å²) in [5, 5.41) is 11.3. The molecule has 2 amide bonds. The van der Waals surface area contributed by atoms with Gasteiger partial charge < -0.3 is 24.8 Å². The molecular formula is C12H20N2O5. The van der Waals surface area contributed by atoms with Gasteiger partial charge in [0.05, 0.1) is 13.2 Å². The highest BCUT2D eigenvalue weighted by Gasteiger charge is 2.22. The highest BCUT2D eigenvalue weighted by molar-refractivity contribution is 5.82. The first-order valence-corrected chi connectivity index (χ1v) is 5.76. The lowest BCUT2D eigenvalue weighted by molar-refractivity contribution is -0.139. The van der Waals surface area contributed by atoms with Crippen LogP contribution in [-0.2, 0) is 14.3 Å². The first kappa shape index (κ1) is 17.2. The molecule has 0 aromatic heterocycles. The average Bonchev–Trinajstić information content (AvgIpc) is 2.38. The van der Waals surface area contributed by atoms with Crippen molar-refractivity contribution in [1.29, 1.82) is 0 Å². The van der Waals surface area contributed by atoms with Gasteiger partial charge in [-0.25, -0.2) is 9.59 Å². The third-order valence-electron chi connectivity index (χ3n) is 2.34. The molecule has 0 saturated carbocycles. The Kier molecular flexibility index (Phi) is 9.22. The second-order valence-electron chi connectivity index (χ2n) is 3.72. The predicted molar refractivity (Wildman–Crippen MR) is 68.7 cm³/mol. The molecule has 0 radical (unpaired) electrons. The Labute approximate surface area is 112 Å². The number of carbonyl (C=O) groups is 2. The number of urea groups is 1. The maximum absolute atomic E-state index is 11.9. The van der Waals surface area contributed by atoms with E-state index in [1.165, 1.54) is 19.1 Å². The summed E-state index contributed by atoms with van der Waals surface area (Å²) >= 11 is 0. The molecule has 0 heterocycles. The molecule has 0 aromatic rings. The van der Waals surface area contributed by atoms with Crippen LogP contribution in [0.15, 0.2) is 0 Å². The molecular weight excluding hydrogens is 252 g/mol. The van der Waals surface area contributed by atoms with Gasteiger partial charge in [0.2, 0.25) is 0 Å². The Morgan fingerprint density at radius 3 is 2.21 bits per heavy atom. The lowest BCUT2D eigenvalue weighted by atomic mass is 10.2. The molecule has 19 heavy (non-hydrogen) atoms. The Morgan fingerprint density at radius 2 is 1.84 bits per heavy atom. The van der Waals surface area contributed by atoms with Crippen LogP contribution in [0.25, 0.3) is 0 Å². The van der Waals surface area contributed by atoms with Crippen molar-refractivity contribution in [3.8, 4) is 12.3 Å². The Balaban J connectivity index is 4.50. The normalized spacial score (nSPS) is 11.4. The number of carbonyl (C=O) groups excluding carboxylic acids is 1. The van der Waals surface area contributed by atoms with Crippen LogP contribution in [0.1, 0.15) is 6.42 Å². The van der Waals surface area contributed by atoms with Crippen LogP contribution in [0, 0.1) is 12.3 Å². The molecule has 0 aliphatic carbocycles. The zero-order chi connectivity index (χ0) is 14.7. The molecule has 0 fully saturated rings. The number of nitrogens with zero attached hydrogens (tertiary/aromatic N) is 1. The maximum atomic E-state index is 11.9. The number of methoxy groups -OCH3 is 2. The summed E-state index contributed by atoms with van der Waals surface area (Å²) in [7, 11) is 3.04. The fourth-order valence-electron chi connectivity index (χ4n) is 1.28. The highest BCUT2D eigenvalue weighted by atomic mass is 16.5. The van der Waals surface area contributed by atoms with Crippen molar-refractivity contribution in [2.75, 3.05) is 40.5 Å². The van der Waals surface area contributed by atoms with E-state index in [1.807, 2.05) is 0 Å². The lowest BCUT2D eigenvalue weighted by Crippen LogP contribution is -2.49. The smallest absolute Gasteiger partial charge is 0.327 e. The van der Waals surface area contributed by atoms with Gasteiger partial charge in [-0.3, -0.25) is 0 Å². The molecule has 0 bridgehead atoms. The van der Waals surface area contributed by atoms with Crippen molar-refractivity contribution in [2.24, 2.45) is 0 Å². The van der Waals surface area contributed by atoms with Crippen LogP contribution in [0.2, 0.25) is 0 Å². The Morgan fingerprint density at radius 1 is 1.32 bits per heavy atom. The molecule has 7 nitrogen and oxygen atoms in total. The summed E-state index contributed by atoms with van der Waals surface area (Å²) in [6.45, 7) is 1.39. The number of carboxylic acid groups (broad SMARTS) is 1. The van der Waals surface area contributed by atoms with Crippen molar-refractivity contribution in [3.63, 3.8) is 0 Å². The number of ether oxygens (including phenoxy) is 2. The molecule has 1 unspecified atom stereocenters. The number of rotatable bonds is 9. The first-order chi connectivity index (χ1) is 9.06.